The molecule has 76 valence electrons. The molecule has 0 atom stereocenters. The van der Waals surface area contributed by atoms with Gasteiger partial charge in [0.15, 0.2) is 0 Å². The molecule has 0 spiro atoms. The summed E-state index contributed by atoms with van der Waals surface area (Å²) in [6, 6.07) is 6.04. The first-order valence-corrected chi connectivity index (χ1v) is 3.91. The van der Waals surface area contributed by atoms with Crippen molar-refractivity contribution in [1.29, 1.82) is 0 Å². The molecule has 0 aliphatic heterocycles. The van der Waals surface area contributed by atoms with E-state index in [0.29, 0.717) is 16.3 Å². The van der Waals surface area contributed by atoms with E-state index in [1.165, 1.54) is 38.4 Å². The standard InChI is InChI=1S/C9H10NO4/c1-10(12)8-5-3-7(4-6-8)9(11)14-13-2/h3-6H,1-2H3/q-1. The molecule has 5 heteroatoms. The first-order valence-electron chi connectivity index (χ1n) is 3.91. The summed E-state index contributed by atoms with van der Waals surface area (Å²) in [5, 5.41) is 11.5. The molecule has 1 rings (SSSR count). The van der Waals surface area contributed by atoms with Crippen molar-refractivity contribution in [2.24, 2.45) is 0 Å². The van der Waals surface area contributed by atoms with E-state index >= 15 is 0 Å². The first-order chi connectivity index (χ1) is 6.65. The van der Waals surface area contributed by atoms with Crippen molar-refractivity contribution < 1.29 is 14.6 Å². The van der Waals surface area contributed by atoms with Crippen LogP contribution < -0.4 is 5.06 Å². The third-order valence-corrected chi connectivity index (χ3v) is 1.63. The van der Waals surface area contributed by atoms with Crippen molar-refractivity contribution in [3.63, 3.8) is 0 Å². The lowest BCUT2D eigenvalue weighted by molar-refractivity contribution is -0.216. The van der Waals surface area contributed by atoms with Crippen molar-refractivity contribution in [3.8, 4) is 0 Å². The molecule has 0 aliphatic rings. The predicted molar refractivity (Wildman–Crippen MR) is 50.6 cm³/mol. The maximum Gasteiger partial charge on any atom is 0.373 e. The molecular weight excluding hydrogens is 186 g/mol. The van der Waals surface area contributed by atoms with Gasteiger partial charge in [0.2, 0.25) is 0 Å². The molecule has 1 aromatic rings. The smallest absolute Gasteiger partial charge is 0.373 e. The maximum absolute atomic E-state index is 11.1. The van der Waals surface area contributed by atoms with Gasteiger partial charge in [0.25, 0.3) is 0 Å². The fourth-order valence-corrected chi connectivity index (χ4v) is 0.931. The number of hydroxylamine groups is 1. The molecule has 0 bridgehead atoms. The summed E-state index contributed by atoms with van der Waals surface area (Å²) in [7, 11) is 2.63. The van der Waals surface area contributed by atoms with Gasteiger partial charge in [-0.3, -0.25) is 4.89 Å². The number of anilines is 1. The van der Waals surface area contributed by atoms with E-state index < -0.39 is 5.97 Å². The second kappa shape index (κ2) is 4.59. The lowest BCUT2D eigenvalue weighted by atomic mass is 10.2. The van der Waals surface area contributed by atoms with Gasteiger partial charge in [0, 0.05) is 5.69 Å². The Morgan fingerprint density at radius 1 is 1.36 bits per heavy atom. The van der Waals surface area contributed by atoms with Crippen LogP contribution in [0.3, 0.4) is 0 Å². The summed E-state index contributed by atoms with van der Waals surface area (Å²) < 4.78 is 0. The van der Waals surface area contributed by atoms with Crippen LogP contribution in [0.25, 0.3) is 0 Å². The number of hydrogen-bond donors (Lipinski definition) is 0. The Hall–Kier alpha value is -1.59. The summed E-state index contributed by atoms with van der Waals surface area (Å²) in [5.41, 5.74) is 0.802. The molecule has 0 aliphatic carbocycles. The topological polar surface area (TPSA) is 61.8 Å². The second-order valence-corrected chi connectivity index (χ2v) is 2.58. The fraction of sp³-hybridized carbons (Fsp3) is 0.222. The summed E-state index contributed by atoms with van der Waals surface area (Å²) >= 11 is 0. The van der Waals surface area contributed by atoms with Gasteiger partial charge in [0.05, 0.1) is 12.7 Å². The Labute approximate surface area is 81.4 Å². The van der Waals surface area contributed by atoms with Gasteiger partial charge in [-0.1, -0.05) is 0 Å². The highest BCUT2D eigenvalue weighted by Crippen LogP contribution is 2.13. The van der Waals surface area contributed by atoms with Gasteiger partial charge < -0.3 is 10.3 Å². The monoisotopic (exact) mass is 196 g/mol. The molecule has 0 fully saturated rings. The normalized spacial score (nSPS) is 9.64. The Bertz CT molecular complexity index is 307. The molecule has 0 radical (unpaired) electrons. The highest BCUT2D eigenvalue weighted by molar-refractivity contribution is 5.89. The average molecular weight is 196 g/mol. The number of hydrogen-bond acceptors (Lipinski definition) is 5. The van der Waals surface area contributed by atoms with Gasteiger partial charge in [-0.15, -0.1) is 0 Å². The van der Waals surface area contributed by atoms with Crippen LogP contribution >= 0.6 is 0 Å². The summed E-state index contributed by atoms with van der Waals surface area (Å²) in [5.74, 6) is -0.590. The molecule has 1 aromatic carbocycles. The molecule has 0 unspecified atom stereocenters. The molecule has 0 heterocycles. The van der Waals surface area contributed by atoms with E-state index in [0.717, 1.165) is 0 Å². The van der Waals surface area contributed by atoms with E-state index in [2.05, 4.69) is 9.78 Å². The van der Waals surface area contributed by atoms with E-state index in [9.17, 15) is 10.0 Å². The van der Waals surface area contributed by atoms with Crippen LogP contribution in [0.1, 0.15) is 10.4 Å². The van der Waals surface area contributed by atoms with E-state index in [4.69, 9.17) is 0 Å². The number of carbonyl (C=O) groups excluding carboxylic acids is 1. The van der Waals surface area contributed by atoms with Gasteiger partial charge >= 0.3 is 5.97 Å². The van der Waals surface area contributed by atoms with Gasteiger partial charge in [-0.05, 0) is 31.3 Å². The van der Waals surface area contributed by atoms with E-state index in [1.807, 2.05) is 0 Å². The first kappa shape index (κ1) is 10.5. The molecule has 14 heavy (non-hydrogen) atoms. The molecule has 0 aromatic heterocycles. The SMILES string of the molecule is COOC(=O)c1ccc(N(C)[O-])cc1. The summed E-state index contributed by atoms with van der Waals surface area (Å²) in [6.45, 7) is 0. The Morgan fingerprint density at radius 2 is 1.93 bits per heavy atom. The van der Waals surface area contributed by atoms with Crippen molar-refractivity contribution in [3.05, 3.63) is 35.0 Å². The fourth-order valence-electron chi connectivity index (χ4n) is 0.931. The van der Waals surface area contributed by atoms with E-state index in [-0.39, 0.29) is 0 Å². The Balaban J connectivity index is 2.78. The van der Waals surface area contributed by atoms with E-state index in [1.54, 1.807) is 0 Å². The predicted octanol–water partition coefficient (Wildman–Crippen LogP) is 1.34. The molecule has 5 nitrogen and oxygen atoms in total. The number of benzene rings is 1. The van der Waals surface area contributed by atoms with Crippen LogP contribution in [0.2, 0.25) is 0 Å². The molecule has 0 N–H and O–H groups in total. The molecule has 0 saturated heterocycles. The van der Waals surface area contributed by atoms with Gasteiger partial charge in [0.1, 0.15) is 0 Å². The Kier molecular flexibility index (Phi) is 3.44. The maximum atomic E-state index is 11.1. The zero-order valence-electron chi connectivity index (χ0n) is 7.89. The minimum absolute atomic E-state index is 0.331. The van der Waals surface area contributed by atoms with Crippen molar-refractivity contribution in [2.45, 2.75) is 0 Å². The zero-order chi connectivity index (χ0) is 10.6. The van der Waals surface area contributed by atoms with Crippen LogP contribution in [-0.4, -0.2) is 20.1 Å². The molecule has 0 saturated carbocycles. The average Bonchev–Trinajstić information content (AvgIpc) is 2.18. The second-order valence-electron chi connectivity index (χ2n) is 2.58. The quantitative estimate of drug-likeness (QED) is 0.539. The van der Waals surface area contributed by atoms with Crippen molar-refractivity contribution in [1.82, 2.24) is 0 Å². The highest BCUT2D eigenvalue weighted by Gasteiger charge is 2.06. The van der Waals surface area contributed by atoms with Crippen LogP contribution in [0, 0.1) is 5.21 Å². The van der Waals surface area contributed by atoms with Crippen LogP contribution in [-0.2, 0) is 9.78 Å². The largest absolute Gasteiger partial charge is 0.758 e. The van der Waals surface area contributed by atoms with Crippen LogP contribution in [0.4, 0.5) is 5.69 Å². The highest BCUT2D eigenvalue weighted by atomic mass is 17.2. The number of rotatable bonds is 3. The van der Waals surface area contributed by atoms with Crippen molar-refractivity contribution >= 4 is 11.7 Å². The van der Waals surface area contributed by atoms with Crippen LogP contribution in [0.5, 0.6) is 0 Å². The Morgan fingerprint density at radius 3 is 2.36 bits per heavy atom. The minimum Gasteiger partial charge on any atom is -0.758 e. The van der Waals surface area contributed by atoms with Gasteiger partial charge in [-0.2, -0.15) is 4.89 Å². The molecular formula is C9H10NO4-. The molecule has 0 amide bonds. The van der Waals surface area contributed by atoms with Crippen molar-refractivity contribution in [2.75, 3.05) is 19.2 Å². The number of nitrogens with zero attached hydrogens (tertiary/aromatic N) is 1. The summed E-state index contributed by atoms with van der Waals surface area (Å²) in [6.07, 6.45) is 0. The lowest BCUT2D eigenvalue weighted by Gasteiger charge is -2.24. The summed E-state index contributed by atoms with van der Waals surface area (Å²) in [4.78, 5) is 19.6. The van der Waals surface area contributed by atoms with Crippen LogP contribution in [0.15, 0.2) is 24.3 Å². The lowest BCUT2D eigenvalue weighted by Crippen LogP contribution is -2.07. The zero-order valence-corrected chi connectivity index (χ0v) is 7.89. The third kappa shape index (κ3) is 2.45. The minimum atomic E-state index is -0.590. The third-order valence-electron chi connectivity index (χ3n) is 1.63. The van der Waals surface area contributed by atoms with Gasteiger partial charge in [-0.25, -0.2) is 4.79 Å². The number of carbonyl (C=O) groups is 1.